The Morgan fingerprint density at radius 2 is 2.31 bits per heavy atom. The Balaban J connectivity index is 2.34. The second-order valence-electron chi connectivity index (χ2n) is 4.69. The molecule has 0 bridgehead atoms. The maximum Gasteiger partial charge on any atom is 0.317 e. The average Bonchev–Trinajstić information content (AvgIpc) is 2.26. The molecule has 1 aliphatic rings. The van der Waals surface area contributed by atoms with Crippen LogP contribution < -0.4 is 5.32 Å². The monoisotopic (exact) mass is 228 g/mol. The molecule has 1 unspecified atom stereocenters. The normalized spacial score (nSPS) is 21.2. The van der Waals surface area contributed by atoms with Gasteiger partial charge in [0, 0.05) is 25.7 Å². The quantitative estimate of drug-likeness (QED) is 0.799. The van der Waals surface area contributed by atoms with Crippen molar-refractivity contribution < 1.29 is 9.53 Å². The second-order valence-corrected chi connectivity index (χ2v) is 4.69. The molecule has 0 aliphatic carbocycles. The first-order valence-electron chi connectivity index (χ1n) is 6.30. The van der Waals surface area contributed by atoms with Crippen molar-refractivity contribution in [2.75, 3.05) is 19.7 Å². The molecule has 94 valence electrons. The van der Waals surface area contributed by atoms with E-state index in [-0.39, 0.29) is 18.2 Å². The Hall–Kier alpha value is -0.770. The molecule has 0 aromatic carbocycles. The number of urea groups is 1. The Labute approximate surface area is 98.3 Å². The van der Waals surface area contributed by atoms with Gasteiger partial charge in [0.25, 0.3) is 0 Å². The van der Waals surface area contributed by atoms with E-state index in [9.17, 15) is 4.79 Å². The summed E-state index contributed by atoms with van der Waals surface area (Å²) in [5, 5.41) is 2.92. The third-order valence-corrected chi connectivity index (χ3v) is 2.64. The number of hydrogen-bond donors (Lipinski definition) is 1. The Bertz CT molecular complexity index is 219. The highest BCUT2D eigenvalue weighted by atomic mass is 16.5. The van der Waals surface area contributed by atoms with Crippen molar-refractivity contribution in [1.29, 1.82) is 0 Å². The number of carbonyl (C=O) groups excluding carboxylic acids is 1. The van der Waals surface area contributed by atoms with Crippen molar-refractivity contribution in [2.45, 2.75) is 52.2 Å². The van der Waals surface area contributed by atoms with E-state index in [0.717, 1.165) is 39.0 Å². The van der Waals surface area contributed by atoms with E-state index in [2.05, 4.69) is 12.2 Å². The van der Waals surface area contributed by atoms with Crippen LogP contribution in [0.3, 0.4) is 0 Å². The summed E-state index contributed by atoms with van der Waals surface area (Å²) in [5.41, 5.74) is 0. The highest BCUT2D eigenvalue weighted by Crippen LogP contribution is 2.13. The van der Waals surface area contributed by atoms with Crippen LogP contribution in [0.2, 0.25) is 0 Å². The summed E-state index contributed by atoms with van der Waals surface area (Å²) in [5.74, 6) is 0. The lowest BCUT2D eigenvalue weighted by atomic mass is 10.1. The molecule has 16 heavy (non-hydrogen) atoms. The van der Waals surface area contributed by atoms with Crippen LogP contribution >= 0.6 is 0 Å². The van der Waals surface area contributed by atoms with Crippen LogP contribution in [0.4, 0.5) is 4.79 Å². The summed E-state index contributed by atoms with van der Waals surface area (Å²) in [6.45, 7) is 8.44. The lowest BCUT2D eigenvalue weighted by molar-refractivity contribution is 0.00985. The molecule has 1 atom stereocenters. The summed E-state index contributed by atoms with van der Waals surface area (Å²) < 4.78 is 5.70. The van der Waals surface area contributed by atoms with Gasteiger partial charge in [-0.15, -0.1) is 0 Å². The first kappa shape index (κ1) is 13.3. The van der Waals surface area contributed by atoms with Gasteiger partial charge in [-0.25, -0.2) is 4.79 Å². The Morgan fingerprint density at radius 3 is 2.94 bits per heavy atom. The van der Waals surface area contributed by atoms with Crippen molar-refractivity contribution in [1.82, 2.24) is 10.2 Å². The van der Waals surface area contributed by atoms with Gasteiger partial charge in [0.05, 0.1) is 6.10 Å². The van der Waals surface area contributed by atoms with Crippen LogP contribution in [-0.4, -0.2) is 42.8 Å². The number of amides is 2. The van der Waals surface area contributed by atoms with Crippen molar-refractivity contribution in [3.8, 4) is 0 Å². The van der Waals surface area contributed by atoms with Gasteiger partial charge in [-0.05, 0) is 33.1 Å². The topological polar surface area (TPSA) is 41.6 Å². The molecule has 0 saturated carbocycles. The lowest BCUT2D eigenvalue weighted by Gasteiger charge is -2.33. The fourth-order valence-electron chi connectivity index (χ4n) is 1.88. The zero-order valence-corrected chi connectivity index (χ0v) is 10.7. The summed E-state index contributed by atoms with van der Waals surface area (Å²) >= 11 is 0. The molecule has 4 nitrogen and oxygen atoms in total. The fourth-order valence-corrected chi connectivity index (χ4v) is 1.88. The van der Waals surface area contributed by atoms with E-state index in [1.165, 1.54) is 0 Å². The van der Waals surface area contributed by atoms with Gasteiger partial charge in [-0.3, -0.25) is 0 Å². The smallest absolute Gasteiger partial charge is 0.317 e. The van der Waals surface area contributed by atoms with Crippen molar-refractivity contribution >= 4 is 6.03 Å². The van der Waals surface area contributed by atoms with Gasteiger partial charge < -0.3 is 15.0 Å². The lowest BCUT2D eigenvalue weighted by Crippen LogP contribution is -2.49. The number of nitrogens with one attached hydrogen (secondary N) is 1. The highest BCUT2D eigenvalue weighted by molar-refractivity contribution is 5.74. The summed E-state index contributed by atoms with van der Waals surface area (Å²) in [7, 11) is 0. The van der Waals surface area contributed by atoms with Crippen LogP contribution in [0.1, 0.15) is 40.0 Å². The van der Waals surface area contributed by atoms with Gasteiger partial charge in [-0.1, -0.05) is 6.92 Å². The van der Waals surface area contributed by atoms with E-state index < -0.39 is 0 Å². The SMILES string of the molecule is CCCOC1CCCN(C(=O)NC(C)C)C1. The van der Waals surface area contributed by atoms with Crippen molar-refractivity contribution in [3.05, 3.63) is 0 Å². The van der Waals surface area contributed by atoms with E-state index in [1.807, 2.05) is 18.7 Å². The van der Waals surface area contributed by atoms with Crippen LogP contribution in [0.25, 0.3) is 0 Å². The number of rotatable bonds is 4. The third-order valence-electron chi connectivity index (χ3n) is 2.64. The van der Waals surface area contributed by atoms with E-state index in [0.29, 0.717) is 0 Å². The number of piperidine rings is 1. The molecule has 1 saturated heterocycles. The first-order valence-corrected chi connectivity index (χ1v) is 6.30. The van der Waals surface area contributed by atoms with Gasteiger partial charge in [-0.2, -0.15) is 0 Å². The predicted molar refractivity (Wildman–Crippen MR) is 64.5 cm³/mol. The molecule has 1 rings (SSSR count). The zero-order valence-electron chi connectivity index (χ0n) is 10.7. The second kappa shape index (κ2) is 6.74. The van der Waals surface area contributed by atoms with Gasteiger partial charge in [0.2, 0.25) is 0 Å². The number of likely N-dealkylation sites (tertiary alicyclic amines) is 1. The molecule has 0 spiro atoms. The number of nitrogens with zero attached hydrogens (tertiary/aromatic N) is 1. The molecule has 1 heterocycles. The molecular weight excluding hydrogens is 204 g/mol. The number of ether oxygens (including phenoxy) is 1. The zero-order chi connectivity index (χ0) is 12.0. The summed E-state index contributed by atoms with van der Waals surface area (Å²) in [6, 6.07) is 0.240. The Morgan fingerprint density at radius 1 is 1.56 bits per heavy atom. The first-order chi connectivity index (χ1) is 7.63. The van der Waals surface area contributed by atoms with Gasteiger partial charge >= 0.3 is 6.03 Å². The number of carbonyl (C=O) groups is 1. The standard InChI is InChI=1S/C12H24N2O2/c1-4-8-16-11-6-5-7-14(9-11)12(15)13-10(2)3/h10-11H,4-9H2,1-3H3,(H,13,15). The minimum atomic E-state index is 0.0415. The molecule has 2 amide bonds. The molecule has 0 aromatic rings. The molecule has 1 aliphatic heterocycles. The van der Waals surface area contributed by atoms with Gasteiger partial charge in [0.1, 0.15) is 0 Å². The largest absolute Gasteiger partial charge is 0.376 e. The average molecular weight is 228 g/mol. The number of hydrogen-bond acceptors (Lipinski definition) is 2. The van der Waals surface area contributed by atoms with E-state index in [4.69, 9.17) is 4.74 Å². The maximum absolute atomic E-state index is 11.8. The third kappa shape index (κ3) is 4.39. The van der Waals surface area contributed by atoms with Crippen LogP contribution in [0.15, 0.2) is 0 Å². The molecular formula is C12H24N2O2. The van der Waals surface area contributed by atoms with Crippen LogP contribution in [0, 0.1) is 0 Å². The molecule has 0 aromatic heterocycles. The maximum atomic E-state index is 11.8. The summed E-state index contributed by atoms with van der Waals surface area (Å²) in [6.07, 6.45) is 3.38. The van der Waals surface area contributed by atoms with Crippen LogP contribution in [-0.2, 0) is 4.74 Å². The highest BCUT2D eigenvalue weighted by Gasteiger charge is 2.23. The predicted octanol–water partition coefficient (Wildman–Crippen LogP) is 2.00. The molecule has 1 N–H and O–H groups in total. The minimum Gasteiger partial charge on any atom is -0.376 e. The van der Waals surface area contributed by atoms with E-state index >= 15 is 0 Å². The van der Waals surface area contributed by atoms with Crippen molar-refractivity contribution in [3.63, 3.8) is 0 Å². The Kier molecular flexibility index (Phi) is 5.60. The van der Waals surface area contributed by atoms with Crippen LogP contribution in [0.5, 0.6) is 0 Å². The minimum absolute atomic E-state index is 0.0415. The molecule has 0 radical (unpaired) electrons. The molecule has 4 heteroatoms. The molecule has 1 fully saturated rings. The van der Waals surface area contributed by atoms with Gasteiger partial charge in [0.15, 0.2) is 0 Å². The summed E-state index contributed by atoms with van der Waals surface area (Å²) in [4.78, 5) is 13.7. The van der Waals surface area contributed by atoms with E-state index in [1.54, 1.807) is 0 Å². The fraction of sp³-hybridized carbons (Fsp3) is 0.917. The van der Waals surface area contributed by atoms with Crippen molar-refractivity contribution in [2.24, 2.45) is 0 Å².